The number of hydrogen-bond acceptors (Lipinski definition) is 3. The first-order valence-corrected chi connectivity index (χ1v) is 6.38. The maximum absolute atomic E-state index is 8.84. The van der Waals surface area contributed by atoms with E-state index in [1.807, 2.05) is 25.1 Å². The van der Waals surface area contributed by atoms with Crippen LogP contribution in [0.2, 0.25) is 0 Å². The molecule has 0 fully saturated rings. The number of rotatable bonds is 3. The zero-order valence-corrected chi connectivity index (χ0v) is 10.8. The summed E-state index contributed by atoms with van der Waals surface area (Å²) in [6, 6.07) is 10.1. The lowest BCUT2D eigenvalue weighted by atomic mass is 10.1. The van der Waals surface area contributed by atoms with E-state index >= 15 is 0 Å². The van der Waals surface area contributed by atoms with E-state index in [4.69, 9.17) is 5.26 Å². The summed E-state index contributed by atoms with van der Waals surface area (Å²) in [4.78, 5) is 2.21. The van der Waals surface area contributed by atoms with Gasteiger partial charge in [-0.2, -0.15) is 16.6 Å². The van der Waals surface area contributed by atoms with Crippen molar-refractivity contribution >= 4 is 17.0 Å². The molecule has 0 aliphatic rings. The van der Waals surface area contributed by atoms with Gasteiger partial charge in [-0.25, -0.2) is 0 Å². The number of hydrogen-bond donors (Lipinski definition) is 0. The lowest BCUT2D eigenvalue weighted by Gasteiger charge is -2.21. The van der Waals surface area contributed by atoms with Crippen molar-refractivity contribution in [3.63, 3.8) is 0 Å². The van der Waals surface area contributed by atoms with Crippen LogP contribution in [0.25, 0.3) is 0 Å². The standard InChI is InChI=1S/C14H14N2S/c1-11-7-12(8-15)3-4-14(11)16(2)9-13-5-6-17-10-13/h3-7,10H,9H2,1-2H3. The molecular weight excluding hydrogens is 228 g/mol. The van der Waals surface area contributed by atoms with E-state index in [0.29, 0.717) is 0 Å². The number of thiophene rings is 1. The summed E-state index contributed by atoms with van der Waals surface area (Å²) in [5.41, 5.74) is 4.36. The first-order valence-electron chi connectivity index (χ1n) is 5.43. The van der Waals surface area contributed by atoms with Crippen LogP contribution in [-0.2, 0) is 6.54 Å². The molecule has 0 radical (unpaired) electrons. The van der Waals surface area contributed by atoms with Gasteiger partial charge in [-0.1, -0.05) is 0 Å². The molecule has 86 valence electrons. The quantitative estimate of drug-likeness (QED) is 0.822. The van der Waals surface area contributed by atoms with Gasteiger partial charge in [0.05, 0.1) is 11.6 Å². The molecule has 2 nitrogen and oxygen atoms in total. The minimum absolute atomic E-state index is 0.718. The van der Waals surface area contributed by atoms with Crippen LogP contribution in [0.1, 0.15) is 16.7 Å². The monoisotopic (exact) mass is 242 g/mol. The smallest absolute Gasteiger partial charge is 0.0991 e. The average molecular weight is 242 g/mol. The van der Waals surface area contributed by atoms with Gasteiger partial charge in [-0.15, -0.1) is 0 Å². The predicted octanol–water partition coefficient (Wildman–Crippen LogP) is 3.56. The Morgan fingerprint density at radius 2 is 2.18 bits per heavy atom. The molecule has 17 heavy (non-hydrogen) atoms. The van der Waals surface area contributed by atoms with E-state index < -0.39 is 0 Å². The number of nitriles is 1. The molecule has 0 bridgehead atoms. The number of aryl methyl sites for hydroxylation is 1. The third-order valence-electron chi connectivity index (χ3n) is 2.74. The van der Waals surface area contributed by atoms with Crippen molar-refractivity contribution in [2.24, 2.45) is 0 Å². The summed E-state index contributed by atoms with van der Waals surface area (Å²) in [6.07, 6.45) is 0. The molecule has 2 aromatic rings. The molecule has 0 unspecified atom stereocenters. The molecule has 0 saturated carbocycles. The maximum atomic E-state index is 8.84. The van der Waals surface area contributed by atoms with E-state index in [1.165, 1.54) is 11.3 Å². The fourth-order valence-electron chi connectivity index (χ4n) is 1.89. The number of benzene rings is 1. The summed E-state index contributed by atoms with van der Waals surface area (Å²) >= 11 is 1.72. The van der Waals surface area contributed by atoms with Crippen molar-refractivity contribution in [2.45, 2.75) is 13.5 Å². The topological polar surface area (TPSA) is 27.0 Å². The molecule has 0 atom stereocenters. The first kappa shape index (κ1) is 11.7. The van der Waals surface area contributed by atoms with Gasteiger partial charge in [-0.3, -0.25) is 0 Å². The summed E-state index contributed by atoms with van der Waals surface area (Å²) in [6.45, 7) is 2.94. The van der Waals surface area contributed by atoms with E-state index in [9.17, 15) is 0 Å². The molecule has 0 aliphatic heterocycles. The van der Waals surface area contributed by atoms with Gasteiger partial charge in [0.15, 0.2) is 0 Å². The second-order valence-electron chi connectivity index (χ2n) is 4.10. The molecular formula is C14H14N2S. The number of anilines is 1. The molecule has 1 aromatic carbocycles. The molecule has 2 rings (SSSR count). The molecule has 0 saturated heterocycles. The Balaban J connectivity index is 2.20. The second-order valence-corrected chi connectivity index (χ2v) is 4.88. The van der Waals surface area contributed by atoms with E-state index in [0.717, 1.165) is 17.7 Å². The predicted molar refractivity (Wildman–Crippen MR) is 72.3 cm³/mol. The van der Waals surface area contributed by atoms with Crippen LogP contribution in [0.15, 0.2) is 35.0 Å². The largest absolute Gasteiger partial charge is 0.370 e. The Labute approximate surface area is 106 Å². The minimum Gasteiger partial charge on any atom is -0.370 e. The molecule has 3 heteroatoms. The highest BCUT2D eigenvalue weighted by molar-refractivity contribution is 7.07. The van der Waals surface area contributed by atoms with Crippen LogP contribution >= 0.6 is 11.3 Å². The third kappa shape index (κ3) is 2.66. The van der Waals surface area contributed by atoms with Crippen molar-refractivity contribution in [1.29, 1.82) is 5.26 Å². The van der Waals surface area contributed by atoms with Gasteiger partial charge < -0.3 is 4.90 Å². The van der Waals surface area contributed by atoms with Gasteiger partial charge in [-0.05, 0) is 53.1 Å². The summed E-state index contributed by atoms with van der Waals surface area (Å²) < 4.78 is 0. The fraction of sp³-hybridized carbons (Fsp3) is 0.214. The Hall–Kier alpha value is -1.79. The average Bonchev–Trinajstić information content (AvgIpc) is 2.81. The fourth-order valence-corrected chi connectivity index (χ4v) is 2.55. The molecule has 1 heterocycles. The highest BCUT2D eigenvalue weighted by Crippen LogP contribution is 2.22. The molecule has 0 amide bonds. The first-order chi connectivity index (χ1) is 8.20. The summed E-state index contributed by atoms with van der Waals surface area (Å²) in [7, 11) is 2.08. The molecule has 0 aliphatic carbocycles. The molecule has 0 N–H and O–H groups in total. The molecule has 1 aromatic heterocycles. The highest BCUT2D eigenvalue weighted by Gasteiger charge is 2.06. The lowest BCUT2D eigenvalue weighted by Crippen LogP contribution is -2.16. The van der Waals surface area contributed by atoms with Crippen molar-refractivity contribution in [3.8, 4) is 6.07 Å². The van der Waals surface area contributed by atoms with Crippen molar-refractivity contribution < 1.29 is 0 Å². The van der Waals surface area contributed by atoms with Gasteiger partial charge >= 0.3 is 0 Å². The second kappa shape index (κ2) is 5.03. The van der Waals surface area contributed by atoms with Crippen molar-refractivity contribution in [3.05, 3.63) is 51.7 Å². The normalized spacial score (nSPS) is 9.94. The summed E-state index contributed by atoms with van der Waals surface area (Å²) in [5.74, 6) is 0. The van der Waals surface area contributed by atoms with Gasteiger partial charge in [0.25, 0.3) is 0 Å². The Bertz CT molecular complexity index is 538. The van der Waals surface area contributed by atoms with Crippen LogP contribution in [0, 0.1) is 18.3 Å². The van der Waals surface area contributed by atoms with Crippen LogP contribution < -0.4 is 4.90 Å². The van der Waals surface area contributed by atoms with Gasteiger partial charge in [0.1, 0.15) is 0 Å². The Morgan fingerprint density at radius 3 is 2.76 bits per heavy atom. The zero-order valence-electron chi connectivity index (χ0n) is 9.97. The van der Waals surface area contributed by atoms with Gasteiger partial charge in [0.2, 0.25) is 0 Å². The Kier molecular flexibility index (Phi) is 3.46. The zero-order chi connectivity index (χ0) is 12.3. The van der Waals surface area contributed by atoms with Crippen LogP contribution in [-0.4, -0.2) is 7.05 Å². The van der Waals surface area contributed by atoms with Crippen molar-refractivity contribution in [2.75, 3.05) is 11.9 Å². The van der Waals surface area contributed by atoms with Gasteiger partial charge in [0, 0.05) is 19.3 Å². The SMILES string of the molecule is Cc1cc(C#N)ccc1N(C)Cc1ccsc1. The van der Waals surface area contributed by atoms with E-state index in [2.05, 4.69) is 34.8 Å². The van der Waals surface area contributed by atoms with Crippen LogP contribution in [0.5, 0.6) is 0 Å². The molecule has 0 spiro atoms. The third-order valence-corrected chi connectivity index (χ3v) is 3.47. The van der Waals surface area contributed by atoms with Crippen LogP contribution in [0.3, 0.4) is 0 Å². The Morgan fingerprint density at radius 1 is 1.35 bits per heavy atom. The van der Waals surface area contributed by atoms with Crippen LogP contribution in [0.4, 0.5) is 5.69 Å². The van der Waals surface area contributed by atoms with E-state index in [1.54, 1.807) is 11.3 Å². The summed E-state index contributed by atoms with van der Waals surface area (Å²) in [5, 5.41) is 13.1. The number of nitrogens with zero attached hydrogens (tertiary/aromatic N) is 2. The van der Waals surface area contributed by atoms with E-state index in [-0.39, 0.29) is 0 Å². The highest BCUT2D eigenvalue weighted by atomic mass is 32.1. The lowest BCUT2D eigenvalue weighted by molar-refractivity contribution is 0.921. The maximum Gasteiger partial charge on any atom is 0.0991 e. The minimum atomic E-state index is 0.718. The van der Waals surface area contributed by atoms with Crippen molar-refractivity contribution in [1.82, 2.24) is 0 Å².